The molecule has 0 rings (SSSR count). The molecule has 0 aliphatic heterocycles. The number of ether oxygens (including phenoxy) is 1. The fourth-order valence-electron chi connectivity index (χ4n) is 2.35. The molecule has 4 heteroatoms. The molecule has 0 atom stereocenters. The largest absolute Gasteiger partial charge is 0.474 e. The van der Waals surface area contributed by atoms with Gasteiger partial charge in [0.05, 0.1) is 0 Å². The van der Waals surface area contributed by atoms with Crippen LogP contribution in [0.4, 0.5) is 0 Å². The molecule has 0 fully saturated rings. The summed E-state index contributed by atoms with van der Waals surface area (Å²) in [5.74, 6) is 1.47. The van der Waals surface area contributed by atoms with E-state index in [0.717, 1.165) is 24.6 Å². The van der Waals surface area contributed by atoms with Crippen LogP contribution in [0.2, 0.25) is 0 Å². The topological polar surface area (TPSA) is 59.3 Å². The van der Waals surface area contributed by atoms with Crippen molar-refractivity contribution in [3.63, 3.8) is 0 Å². The lowest BCUT2D eigenvalue weighted by atomic mass is 9.94. The first-order chi connectivity index (χ1) is 11.8. The Morgan fingerprint density at radius 3 is 2.08 bits per heavy atom. The van der Waals surface area contributed by atoms with Crippen LogP contribution in [0.25, 0.3) is 0 Å². The van der Waals surface area contributed by atoms with Gasteiger partial charge < -0.3 is 21.1 Å². The predicted molar refractivity (Wildman–Crippen MR) is 117 cm³/mol. The van der Waals surface area contributed by atoms with E-state index in [9.17, 15) is 0 Å². The molecule has 0 aromatic heterocycles. The van der Waals surface area contributed by atoms with E-state index in [4.69, 9.17) is 10.5 Å². The molecule has 0 aromatic rings. The van der Waals surface area contributed by atoms with Crippen molar-refractivity contribution in [2.45, 2.75) is 98.6 Å². The van der Waals surface area contributed by atoms with Crippen molar-refractivity contribution in [3.05, 3.63) is 24.7 Å². The fourth-order valence-corrected chi connectivity index (χ4v) is 2.35. The van der Waals surface area contributed by atoms with Crippen LogP contribution in [0.5, 0.6) is 0 Å². The summed E-state index contributed by atoms with van der Waals surface area (Å²) < 4.78 is 5.48. The lowest BCUT2D eigenvalue weighted by molar-refractivity contribution is 0.0415. The van der Waals surface area contributed by atoms with E-state index in [-0.39, 0.29) is 11.1 Å². The smallest absolute Gasteiger partial charge is 0.179 e. The van der Waals surface area contributed by atoms with E-state index < -0.39 is 0 Å². The van der Waals surface area contributed by atoms with Crippen LogP contribution >= 0.6 is 0 Å². The zero-order chi connectivity index (χ0) is 20.8. The van der Waals surface area contributed by atoms with Gasteiger partial charge in [0, 0.05) is 24.3 Å². The van der Waals surface area contributed by atoms with E-state index in [0.29, 0.717) is 12.4 Å². The van der Waals surface area contributed by atoms with Crippen molar-refractivity contribution in [2.24, 2.45) is 11.7 Å². The molecule has 26 heavy (non-hydrogen) atoms. The number of unbranched alkanes of at least 4 members (excludes halogenated alkanes) is 1. The third-order valence-corrected chi connectivity index (χ3v) is 3.63. The summed E-state index contributed by atoms with van der Waals surface area (Å²) in [6, 6.07) is 0. The minimum absolute atomic E-state index is 0.130. The third-order valence-electron chi connectivity index (χ3n) is 3.63. The number of nitrogens with two attached hydrogens (primary N) is 1. The summed E-state index contributed by atoms with van der Waals surface area (Å²) >= 11 is 0. The van der Waals surface area contributed by atoms with Crippen molar-refractivity contribution in [1.82, 2.24) is 10.6 Å². The van der Waals surface area contributed by atoms with Crippen LogP contribution in [-0.2, 0) is 4.74 Å². The van der Waals surface area contributed by atoms with Gasteiger partial charge in [-0.05, 0) is 60.0 Å². The van der Waals surface area contributed by atoms with Gasteiger partial charge >= 0.3 is 0 Å². The molecule has 0 aliphatic carbocycles. The first kappa shape index (κ1) is 27.1. The average molecular weight is 370 g/mol. The van der Waals surface area contributed by atoms with E-state index in [1.165, 1.54) is 25.7 Å². The number of hydrogen-bond donors (Lipinski definition) is 3. The highest BCUT2D eigenvalue weighted by Gasteiger charge is 2.16. The van der Waals surface area contributed by atoms with Crippen LogP contribution in [0.1, 0.15) is 87.5 Å². The SMILES string of the molecule is C=C(CN)NC(C)(C)CCCC(C)C.C=C(NCCCC)OC(C)(C)C. The average Bonchev–Trinajstić information content (AvgIpc) is 2.45. The molecule has 0 spiro atoms. The first-order valence-electron chi connectivity index (χ1n) is 10.1. The first-order valence-corrected chi connectivity index (χ1v) is 10.1. The Morgan fingerprint density at radius 2 is 1.65 bits per heavy atom. The Balaban J connectivity index is 0. The molecule has 0 saturated heterocycles. The minimum Gasteiger partial charge on any atom is -0.474 e. The molecule has 0 unspecified atom stereocenters. The number of hydrogen-bond acceptors (Lipinski definition) is 4. The molecule has 0 amide bonds. The Bertz CT molecular complexity index is 381. The van der Waals surface area contributed by atoms with Crippen molar-refractivity contribution in [1.29, 1.82) is 0 Å². The summed E-state index contributed by atoms with van der Waals surface area (Å²) in [6.45, 7) is 26.2. The highest BCUT2D eigenvalue weighted by atomic mass is 16.5. The molecule has 0 aliphatic rings. The lowest BCUT2D eigenvalue weighted by Crippen LogP contribution is -2.40. The Kier molecular flexibility index (Phi) is 14.5. The maximum atomic E-state index is 5.49. The van der Waals surface area contributed by atoms with Crippen molar-refractivity contribution >= 4 is 0 Å². The van der Waals surface area contributed by atoms with Gasteiger partial charge in [-0.3, -0.25) is 0 Å². The zero-order valence-electron chi connectivity index (χ0n) is 18.9. The van der Waals surface area contributed by atoms with E-state index in [2.05, 4.69) is 58.4 Å². The Hall–Kier alpha value is -1.16. The zero-order valence-corrected chi connectivity index (χ0v) is 18.9. The van der Waals surface area contributed by atoms with Gasteiger partial charge in [-0.15, -0.1) is 0 Å². The molecular weight excluding hydrogens is 322 g/mol. The normalized spacial score (nSPS) is 11.5. The van der Waals surface area contributed by atoms with Crippen LogP contribution in [-0.4, -0.2) is 24.2 Å². The number of nitrogens with one attached hydrogen (secondary N) is 2. The van der Waals surface area contributed by atoms with Gasteiger partial charge in [-0.2, -0.15) is 0 Å². The van der Waals surface area contributed by atoms with Crippen LogP contribution in [0.3, 0.4) is 0 Å². The molecule has 0 heterocycles. The second-order valence-corrected chi connectivity index (χ2v) is 9.02. The molecular formula is C22H47N3O. The lowest BCUT2D eigenvalue weighted by Gasteiger charge is -2.28. The summed E-state index contributed by atoms with van der Waals surface area (Å²) in [6.07, 6.45) is 6.07. The Morgan fingerprint density at radius 1 is 1.08 bits per heavy atom. The monoisotopic (exact) mass is 369 g/mol. The van der Waals surface area contributed by atoms with E-state index >= 15 is 0 Å². The summed E-state index contributed by atoms with van der Waals surface area (Å²) in [4.78, 5) is 0. The van der Waals surface area contributed by atoms with Crippen LogP contribution in [0, 0.1) is 5.92 Å². The van der Waals surface area contributed by atoms with Gasteiger partial charge in [-0.1, -0.05) is 46.6 Å². The van der Waals surface area contributed by atoms with Crippen molar-refractivity contribution in [3.8, 4) is 0 Å². The van der Waals surface area contributed by atoms with Gasteiger partial charge in [0.15, 0.2) is 5.88 Å². The molecule has 0 radical (unpaired) electrons. The van der Waals surface area contributed by atoms with E-state index in [1.54, 1.807) is 0 Å². The van der Waals surface area contributed by atoms with Crippen LogP contribution < -0.4 is 16.4 Å². The second kappa shape index (κ2) is 14.0. The molecule has 4 N–H and O–H groups in total. The molecule has 0 bridgehead atoms. The van der Waals surface area contributed by atoms with Gasteiger partial charge in [0.2, 0.25) is 0 Å². The fraction of sp³-hybridized carbons (Fsp3) is 0.818. The van der Waals surface area contributed by atoms with Gasteiger partial charge in [0.1, 0.15) is 5.60 Å². The molecule has 4 nitrogen and oxygen atoms in total. The van der Waals surface area contributed by atoms with Gasteiger partial charge in [-0.25, -0.2) is 0 Å². The predicted octanol–water partition coefficient (Wildman–Crippen LogP) is 5.32. The maximum absolute atomic E-state index is 5.49. The van der Waals surface area contributed by atoms with Crippen molar-refractivity contribution < 1.29 is 4.74 Å². The molecule has 156 valence electrons. The molecule has 0 saturated carbocycles. The second-order valence-electron chi connectivity index (χ2n) is 9.02. The Labute approximate surface area is 164 Å². The van der Waals surface area contributed by atoms with Crippen molar-refractivity contribution in [2.75, 3.05) is 13.1 Å². The van der Waals surface area contributed by atoms with E-state index in [1.807, 2.05) is 20.8 Å². The van der Waals surface area contributed by atoms with Crippen LogP contribution in [0.15, 0.2) is 24.7 Å². The minimum atomic E-state index is -0.143. The van der Waals surface area contributed by atoms with Gasteiger partial charge in [0.25, 0.3) is 0 Å². The standard InChI is InChI=1S/C12H26N2.C10H21NO/c1-10(2)7-6-8-12(4,5)14-11(3)9-13;1-6-7-8-11-9(2)12-10(3,4)5/h10,14H,3,6-9,13H2,1-2,4-5H3;11H,2,6-8H2,1,3-5H3. The maximum Gasteiger partial charge on any atom is 0.179 e. The number of rotatable bonds is 12. The highest BCUT2D eigenvalue weighted by Crippen LogP contribution is 2.16. The summed E-state index contributed by atoms with van der Waals surface area (Å²) in [5, 5.41) is 6.48. The summed E-state index contributed by atoms with van der Waals surface area (Å²) in [7, 11) is 0. The quantitative estimate of drug-likeness (QED) is 0.322. The third kappa shape index (κ3) is 20.9. The molecule has 0 aromatic carbocycles. The highest BCUT2D eigenvalue weighted by molar-refractivity contribution is 4.98. The summed E-state index contributed by atoms with van der Waals surface area (Å²) in [5.41, 5.74) is 6.41.